The van der Waals surface area contributed by atoms with Crippen LogP contribution in [0, 0.1) is 0 Å². The molecule has 3 amide bonds. The number of thioether (sulfide) groups is 1. The van der Waals surface area contributed by atoms with Gasteiger partial charge in [0.15, 0.2) is 0 Å². The number of fused-ring (bicyclic) bond motifs is 1. The predicted octanol–water partition coefficient (Wildman–Crippen LogP) is 5.08. The summed E-state index contributed by atoms with van der Waals surface area (Å²) in [6, 6.07) is 13.8. The number of amides is 3. The number of carbonyl (C=O) groups is 4. The van der Waals surface area contributed by atoms with Gasteiger partial charge in [0.2, 0.25) is 11.8 Å². The number of rotatable bonds is 7. The van der Waals surface area contributed by atoms with Crippen molar-refractivity contribution in [3.8, 4) is 0 Å². The fraction of sp³-hybridized carbons (Fsp3) is 0.231. The second-order valence-electron chi connectivity index (χ2n) is 8.22. The molecule has 0 radical (unpaired) electrons. The Kier molecular flexibility index (Phi) is 8.52. The highest BCUT2D eigenvalue weighted by atomic mass is 35.5. The van der Waals surface area contributed by atoms with Gasteiger partial charge in [0.1, 0.15) is 5.00 Å². The molecule has 2 heterocycles. The number of benzene rings is 2. The van der Waals surface area contributed by atoms with Gasteiger partial charge >= 0.3 is 5.97 Å². The van der Waals surface area contributed by atoms with Gasteiger partial charge in [-0.3, -0.25) is 14.4 Å². The Morgan fingerprint density at radius 1 is 1.11 bits per heavy atom. The van der Waals surface area contributed by atoms with Crippen LogP contribution in [-0.4, -0.2) is 48.0 Å². The molecule has 1 aliphatic rings. The highest BCUT2D eigenvalue weighted by Gasteiger charge is 2.30. The topological polar surface area (TPSA) is 105 Å². The van der Waals surface area contributed by atoms with Gasteiger partial charge in [0.05, 0.1) is 25.0 Å². The van der Waals surface area contributed by atoms with Crippen LogP contribution in [0.4, 0.5) is 10.7 Å². The van der Waals surface area contributed by atoms with Crippen molar-refractivity contribution in [3.05, 3.63) is 75.1 Å². The summed E-state index contributed by atoms with van der Waals surface area (Å²) in [4.78, 5) is 52.9. The fourth-order valence-corrected chi connectivity index (χ4v) is 6.10. The Labute approximate surface area is 227 Å². The minimum absolute atomic E-state index is 0.0355. The molecule has 3 aromatic rings. The summed E-state index contributed by atoms with van der Waals surface area (Å²) in [6.07, 6.45) is 0.522. The molecule has 0 saturated carbocycles. The first kappa shape index (κ1) is 26.7. The molecular weight excluding hydrogens is 534 g/mol. The number of thiophene rings is 1. The number of hydrogen-bond acceptors (Lipinski definition) is 7. The van der Waals surface area contributed by atoms with E-state index in [9.17, 15) is 19.2 Å². The largest absolute Gasteiger partial charge is 0.465 e. The van der Waals surface area contributed by atoms with Crippen molar-refractivity contribution in [1.82, 2.24) is 4.90 Å². The van der Waals surface area contributed by atoms with E-state index in [0.717, 1.165) is 15.3 Å². The molecule has 37 heavy (non-hydrogen) atoms. The summed E-state index contributed by atoms with van der Waals surface area (Å²) in [7, 11) is 1.30. The molecule has 2 N–H and O–H groups in total. The molecule has 0 atom stereocenters. The highest BCUT2D eigenvalue weighted by Crippen LogP contribution is 2.38. The van der Waals surface area contributed by atoms with Crippen LogP contribution in [0.3, 0.4) is 0 Å². The molecule has 1 aliphatic heterocycles. The Hall–Kier alpha value is -3.34. The van der Waals surface area contributed by atoms with Crippen molar-refractivity contribution in [3.63, 3.8) is 0 Å². The zero-order valence-corrected chi connectivity index (χ0v) is 22.5. The summed E-state index contributed by atoms with van der Waals surface area (Å²) in [5, 5.41) is 6.57. The molecule has 2 aromatic carbocycles. The molecule has 11 heteroatoms. The van der Waals surface area contributed by atoms with Gasteiger partial charge in [-0.25, -0.2) is 4.79 Å². The summed E-state index contributed by atoms with van der Waals surface area (Å²) in [6.45, 7) is 2.42. The number of esters is 1. The second kappa shape index (κ2) is 11.8. The first-order chi connectivity index (χ1) is 17.7. The summed E-state index contributed by atoms with van der Waals surface area (Å²) >= 11 is 8.56. The fourth-order valence-electron chi connectivity index (χ4n) is 3.89. The van der Waals surface area contributed by atoms with Gasteiger partial charge in [-0.15, -0.1) is 23.1 Å². The lowest BCUT2D eigenvalue weighted by atomic mass is 10.0. The van der Waals surface area contributed by atoms with Gasteiger partial charge in [-0.05, 0) is 48.4 Å². The molecule has 0 bridgehead atoms. The Balaban J connectivity index is 1.41. The lowest BCUT2D eigenvalue weighted by Crippen LogP contribution is -2.33. The summed E-state index contributed by atoms with van der Waals surface area (Å²) in [5.74, 6) is -1.03. The van der Waals surface area contributed by atoms with Gasteiger partial charge in [0, 0.05) is 39.5 Å². The van der Waals surface area contributed by atoms with Crippen molar-refractivity contribution in [2.75, 3.05) is 30.0 Å². The van der Waals surface area contributed by atoms with Crippen LogP contribution >= 0.6 is 34.7 Å². The summed E-state index contributed by atoms with van der Waals surface area (Å²) < 4.78 is 4.96. The maximum Gasteiger partial charge on any atom is 0.341 e. The zero-order chi connectivity index (χ0) is 26.5. The van der Waals surface area contributed by atoms with E-state index in [1.165, 1.54) is 37.1 Å². The van der Waals surface area contributed by atoms with Crippen molar-refractivity contribution < 1.29 is 23.9 Å². The number of nitrogens with one attached hydrogen (secondary N) is 2. The van der Waals surface area contributed by atoms with Crippen LogP contribution in [0.15, 0.2) is 53.4 Å². The first-order valence-corrected chi connectivity index (χ1v) is 13.5. The van der Waals surface area contributed by atoms with E-state index in [-0.39, 0.29) is 23.5 Å². The monoisotopic (exact) mass is 557 g/mol. The van der Waals surface area contributed by atoms with Crippen LogP contribution in [0.5, 0.6) is 0 Å². The number of ether oxygens (including phenoxy) is 1. The van der Waals surface area contributed by atoms with E-state index in [1.54, 1.807) is 47.4 Å². The molecule has 0 aliphatic carbocycles. The molecule has 192 valence electrons. The van der Waals surface area contributed by atoms with Gasteiger partial charge in [0.25, 0.3) is 5.91 Å². The first-order valence-electron chi connectivity index (χ1n) is 11.3. The van der Waals surface area contributed by atoms with Crippen molar-refractivity contribution in [2.24, 2.45) is 0 Å². The van der Waals surface area contributed by atoms with Crippen molar-refractivity contribution >= 4 is 69.1 Å². The smallest absolute Gasteiger partial charge is 0.341 e. The third-order valence-corrected chi connectivity index (χ3v) is 8.05. The number of halogens is 1. The van der Waals surface area contributed by atoms with E-state index >= 15 is 0 Å². The van der Waals surface area contributed by atoms with E-state index in [2.05, 4.69) is 10.6 Å². The van der Waals surface area contributed by atoms with Gasteiger partial charge < -0.3 is 20.3 Å². The van der Waals surface area contributed by atoms with Crippen LogP contribution in [0.25, 0.3) is 0 Å². The molecular formula is C26H24ClN3O5S2. The van der Waals surface area contributed by atoms with Crippen LogP contribution in [0.1, 0.15) is 38.1 Å². The average Bonchev–Trinajstić information content (AvgIpc) is 3.24. The highest BCUT2D eigenvalue weighted by molar-refractivity contribution is 8.00. The third kappa shape index (κ3) is 6.51. The normalized spacial score (nSPS) is 12.5. The van der Waals surface area contributed by atoms with E-state index in [0.29, 0.717) is 46.3 Å². The minimum Gasteiger partial charge on any atom is -0.465 e. The number of carbonyl (C=O) groups excluding carboxylic acids is 4. The maximum atomic E-state index is 12.8. The zero-order valence-electron chi connectivity index (χ0n) is 20.1. The Morgan fingerprint density at radius 3 is 2.62 bits per heavy atom. The number of anilines is 2. The molecule has 0 fully saturated rings. The predicted molar refractivity (Wildman–Crippen MR) is 146 cm³/mol. The number of hydrogen-bond donors (Lipinski definition) is 2. The van der Waals surface area contributed by atoms with E-state index < -0.39 is 5.97 Å². The van der Waals surface area contributed by atoms with Crippen molar-refractivity contribution in [2.45, 2.75) is 24.8 Å². The SMILES string of the molecule is COC(=O)c1c(NC(=O)CSc2cccc(NC(=O)c3cccc(Cl)c3)c2)sc2c1CCN(C(C)=O)C2. The lowest BCUT2D eigenvalue weighted by Gasteiger charge is -2.25. The minimum atomic E-state index is -0.514. The van der Waals surface area contributed by atoms with E-state index in [4.69, 9.17) is 16.3 Å². The Bertz CT molecular complexity index is 1370. The molecule has 4 rings (SSSR count). The maximum absolute atomic E-state index is 12.8. The van der Waals surface area contributed by atoms with Gasteiger partial charge in [-0.1, -0.05) is 23.7 Å². The molecule has 0 spiro atoms. The van der Waals surface area contributed by atoms with Gasteiger partial charge in [-0.2, -0.15) is 0 Å². The van der Waals surface area contributed by atoms with Crippen LogP contribution < -0.4 is 10.6 Å². The molecule has 0 unspecified atom stereocenters. The summed E-state index contributed by atoms with van der Waals surface area (Å²) in [5.41, 5.74) is 2.20. The Morgan fingerprint density at radius 2 is 1.89 bits per heavy atom. The molecule has 8 nitrogen and oxygen atoms in total. The van der Waals surface area contributed by atoms with E-state index in [1.807, 2.05) is 6.07 Å². The quantitative estimate of drug-likeness (QED) is 0.310. The number of methoxy groups -OCH3 is 1. The van der Waals surface area contributed by atoms with Crippen LogP contribution in [0.2, 0.25) is 5.02 Å². The van der Waals surface area contributed by atoms with Crippen molar-refractivity contribution in [1.29, 1.82) is 0 Å². The third-order valence-electron chi connectivity index (χ3n) is 5.69. The standard InChI is InChI=1S/C26H24ClN3O5S2/c1-15(31)30-10-9-20-21(13-30)37-25(23(20)26(34)35-2)29-22(32)14-36-19-8-4-7-18(12-19)28-24(33)16-5-3-6-17(27)11-16/h3-8,11-12H,9-10,13-14H2,1-2H3,(H,28,33)(H,29,32). The molecule has 1 aromatic heterocycles. The molecule has 0 saturated heterocycles. The second-order valence-corrected chi connectivity index (χ2v) is 10.8. The number of nitrogens with zero attached hydrogens (tertiary/aromatic N) is 1. The van der Waals surface area contributed by atoms with Crippen LogP contribution in [-0.2, 0) is 27.3 Å². The average molecular weight is 558 g/mol. The lowest BCUT2D eigenvalue weighted by molar-refractivity contribution is -0.129.